The number of hydrogen-bond donors (Lipinski definition) is 1. The summed E-state index contributed by atoms with van der Waals surface area (Å²) in [6.07, 6.45) is 1.32. The third kappa shape index (κ3) is 4.80. The average Bonchev–Trinajstić information content (AvgIpc) is 3.04. The SMILES string of the molecule is CCN(CC)S(=O)(=O)c1ccc(OC(C)C)c(NC(=O)C2(C)CCCO2)c1. The first-order valence-corrected chi connectivity index (χ1v) is 10.8. The summed E-state index contributed by atoms with van der Waals surface area (Å²) in [5.74, 6) is 0.129. The highest BCUT2D eigenvalue weighted by molar-refractivity contribution is 7.89. The van der Waals surface area contributed by atoms with Crippen molar-refractivity contribution in [3.63, 3.8) is 0 Å². The first kappa shape index (κ1) is 21.7. The van der Waals surface area contributed by atoms with Crippen LogP contribution in [0.4, 0.5) is 5.69 Å². The predicted molar refractivity (Wildman–Crippen MR) is 105 cm³/mol. The lowest BCUT2D eigenvalue weighted by molar-refractivity contribution is -0.133. The summed E-state index contributed by atoms with van der Waals surface area (Å²) >= 11 is 0. The summed E-state index contributed by atoms with van der Waals surface area (Å²) in [5.41, 5.74) is -0.582. The molecule has 2 rings (SSSR count). The predicted octanol–water partition coefficient (Wildman–Crippen LogP) is 3.01. The molecular weight excluding hydrogens is 368 g/mol. The number of ether oxygens (including phenoxy) is 2. The van der Waals surface area contributed by atoms with Crippen LogP contribution in [0.15, 0.2) is 23.1 Å². The van der Waals surface area contributed by atoms with Crippen LogP contribution in [0.2, 0.25) is 0 Å². The Labute approximate surface area is 162 Å². The fourth-order valence-corrected chi connectivity index (χ4v) is 4.53. The van der Waals surface area contributed by atoms with E-state index in [1.165, 1.54) is 16.4 Å². The van der Waals surface area contributed by atoms with Crippen LogP contribution in [0, 0.1) is 0 Å². The van der Waals surface area contributed by atoms with Crippen molar-refractivity contribution in [1.29, 1.82) is 0 Å². The number of anilines is 1. The maximum atomic E-state index is 12.8. The largest absolute Gasteiger partial charge is 0.489 e. The van der Waals surface area contributed by atoms with Crippen LogP contribution < -0.4 is 10.1 Å². The molecule has 0 spiro atoms. The van der Waals surface area contributed by atoms with Gasteiger partial charge >= 0.3 is 0 Å². The zero-order valence-electron chi connectivity index (χ0n) is 16.7. The zero-order chi connectivity index (χ0) is 20.2. The first-order chi connectivity index (χ1) is 12.6. The third-order valence-electron chi connectivity index (χ3n) is 4.60. The quantitative estimate of drug-likeness (QED) is 0.728. The van der Waals surface area contributed by atoms with Gasteiger partial charge < -0.3 is 14.8 Å². The number of carbonyl (C=O) groups excluding carboxylic acids is 1. The molecule has 1 fully saturated rings. The molecule has 0 saturated carbocycles. The molecule has 7 nitrogen and oxygen atoms in total. The Bertz CT molecular complexity index is 766. The number of carbonyl (C=O) groups is 1. The molecule has 8 heteroatoms. The van der Waals surface area contributed by atoms with E-state index in [2.05, 4.69) is 5.32 Å². The monoisotopic (exact) mass is 398 g/mol. The minimum atomic E-state index is -3.64. The Morgan fingerprint density at radius 1 is 1.33 bits per heavy atom. The number of hydrogen-bond acceptors (Lipinski definition) is 5. The highest BCUT2D eigenvalue weighted by Crippen LogP contribution is 2.33. The van der Waals surface area contributed by atoms with E-state index < -0.39 is 15.6 Å². The summed E-state index contributed by atoms with van der Waals surface area (Å²) in [4.78, 5) is 12.9. The Kier molecular flexibility index (Phi) is 6.88. The van der Waals surface area contributed by atoms with E-state index in [1.54, 1.807) is 26.8 Å². The summed E-state index contributed by atoms with van der Waals surface area (Å²) in [7, 11) is -3.64. The van der Waals surface area contributed by atoms with Gasteiger partial charge in [-0.25, -0.2) is 8.42 Å². The molecule has 27 heavy (non-hydrogen) atoms. The van der Waals surface area contributed by atoms with Crippen LogP contribution in [0.25, 0.3) is 0 Å². The number of benzene rings is 1. The van der Waals surface area contributed by atoms with Crippen molar-refractivity contribution in [2.75, 3.05) is 25.0 Å². The zero-order valence-corrected chi connectivity index (χ0v) is 17.6. The van der Waals surface area contributed by atoms with Crippen molar-refractivity contribution >= 4 is 21.6 Å². The molecule has 0 radical (unpaired) electrons. The molecule has 1 aromatic carbocycles. The van der Waals surface area contributed by atoms with Crippen molar-refractivity contribution in [2.45, 2.75) is 64.1 Å². The van der Waals surface area contributed by atoms with Gasteiger partial charge in [-0.15, -0.1) is 0 Å². The Morgan fingerprint density at radius 2 is 2.00 bits per heavy atom. The smallest absolute Gasteiger partial charge is 0.256 e. The molecular formula is C19H30N2O5S. The highest BCUT2D eigenvalue weighted by Gasteiger charge is 2.38. The lowest BCUT2D eigenvalue weighted by atomic mass is 10.0. The molecule has 1 unspecified atom stereocenters. The minimum absolute atomic E-state index is 0.120. The Hall–Kier alpha value is -1.64. The molecule has 1 amide bonds. The topological polar surface area (TPSA) is 84.9 Å². The summed E-state index contributed by atoms with van der Waals surface area (Å²) in [6, 6.07) is 4.56. The first-order valence-electron chi connectivity index (χ1n) is 9.40. The van der Waals surface area contributed by atoms with Crippen molar-refractivity contribution < 1.29 is 22.7 Å². The number of rotatable bonds is 8. The van der Waals surface area contributed by atoms with Gasteiger partial charge in [-0.1, -0.05) is 13.8 Å². The minimum Gasteiger partial charge on any atom is -0.489 e. The molecule has 1 aliphatic rings. The van der Waals surface area contributed by atoms with Crippen LogP contribution >= 0.6 is 0 Å². The Balaban J connectivity index is 2.41. The molecule has 152 valence electrons. The van der Waals surface area contributed by atoms with Gasteiger partial charge in [-0.2, -0.15) is 4.31 Å². The van der Waals surface area contributed by atoms with Crippen LogP contribution in [-0.2, 0) is 19.6 Å². The van der Waals surface area contributed by atoms with Crippen LogP contribution in [-0.4, -0.2) is 50.0 Å². The lowest BCUT2D eigenvalue weighted by Crippen LogP contribution is -2.39. The molecule has 0 bridgehead atoms. The van der Waals surface area contributed by atoms with Gasteiger partial charge in [0.2, 0.25) is 10.0 Å². The normalized spacial score (nSPS) is 20.3. The second-order valence-electron chi connectivity index (χ2n) is 7.05. The summed E-state index contributed by atoms with van der Waals surface area (Å²) in [5, 5.41) is 2.81. The van der Waals surface area contributed by atoms with Crippen LogP contribution in [0.1, 0.15) is 47.5 Å². The van der Waals surface area contributed by atoms with Crippen molar-refractivity contribution in [3.05, 3.63) is 18.2 Å². The molecule has 0 aliphatic carbocycles. The second-order valence-corrected chi connectivity index (χ2v) is 8.99. The molecule has 1 aromatic rings. The number of nitrogens with zero attached hydrogens (tertiary/aromatic N) is 1. The van der Waals surface area contributed by atoms with Crippen LogP contribution in [0.3, 0.4) is 0 Å². The Morgan fingerprint density at radius 3 is 2.52 bits per heavy atom. The van der Waals surface area contributed by atoms with Gasteiger partial charge in [-0.3, -0.25) is 4.79 Å². The summed E-state index contributed by atoms with van der Waals surface area (Å²) < 4.78 is 38.4. The third-order valence-corrected chi connectivity index (χ3v) is 6.65. The van der Waals surface area contributed by atoms with E-state index in [9.17, 15) is 13.2 Å². The maximum Gasteiger partial charge on any atom is 0.256 e. The van der Waals surface area contributed by atoms with Gasteiger partial charge in [0.05, 0.1) is 16.7 Å². The van der Waals surface area contributed by atoms with E-state index in [0.29, 0.717) is 37.6 Å². The van der Waals surface area contributed by atoms with Crippen LogP contribution in [0.5, 0.6) is 5.75 Å². The molecule has 1 atom stereocenters. The van der Waals surface area contributed by atoms with E-state index in [0.717, 1.165) is 6.42 Å². The van der Waals surface area contributed by atoms with E-state index in [1.807, 2.05) is 13.8 Å². The number of sulfonamides is 1. The standard InChI is InChI=1S/C19H30N2O5S/c1-6-21(7-2)27(23,24)15-9-10-17(26-14(3)4)16(13-15)20-18(22)19(5)11-8-12-25-19/h9-10,13-14H,6-8,11-12H2,1-5H3,(H,20,22). The number of nitrogens with one attached hydrogen (secondary N) is 1. The average molecular weight is 399 g/mol. The fraction of sp³-hybridized carbons (Fsp3) is 0.632. The molecule has 1 saturated heterocycles. The van der Waals surface area contributed by atoms with Gasteiger partial charge in [0.15, 0.2) is 0 Å². The molecule has 0 aromatic heterocycles. The maximum absolute atomic E-state index is 12.8. The van der Waals surface area contributed by atoms with Gasteiger partial charge in [-0.05, 0) is 51.8 Å². The van der Waals surface area contributed by atoms with E-state index in [4.69, 9.17) is 9.47 Å². The van der Waals surface area contributed by atoms with E-state index in [-0.39, 0.29) is 16.9 Å². The lowest BCUT2D eigenvalue weighted by Gasteiger charge is -2.24. The second kappa shape index (κ2) is 8.58. The van der Waals surface area contributed by atoms with E-state index >= 15 is 0 Å². The van der Waals surface area contributed by atoms with Gasteiger partial charge in [0.1, 0.15) is 11.4 Å². The molecule has 1 aliphatic heterocycles. The van der Waals surface area contributed by atoms with Gasteiger partial charge in [0.25, 0.3) is 5.91 Å². The molecule has 1 N–H and O–H groups in total. The molecule has 1 heterocycles. The van der Waals surface area contributed by atoms with Crippen molar-refractivity contribution in [3.8, 4) is 5.75 Å². The summed E-state index contributed by atoms with van der Waals surface area (Å²) in [6.45, 7) is 10.3. The number of amides is 1. The van der Waals surface area contributed by atoms with Crippen molar-refractivity contribution in [1.82, 2.24) is 4.31 Å². The van der Waals surface area contributed by atoms with Gasteiger partial charge in [0, 0.05) is 19.7 Å². The highest BCUT2D eigenvalue weighted by atomic mass is 32.2. The fourth-order valence-electron chi connectivity index (χ4n) is 3.05. The van der Waals surface area contributed by atoms with Crippen molar-refractivity contribution in [2.24, 2.45) is 0 Å².